The summed E-state index contributed by atoms with van der Waals surface area (Å²) in [6.45, 7) is 4.53. The van der Waals surface area contributed by atoms with Gasteiger partial charge in [-0.1, -0.05) is 6.07 Å². The molecular formula is C26H34N4O7. The van der Waals surface area contributed by atoms with Crippen molar-refractivity contribution in [1.29, 1.82) is 0 Å². The Balaban J connectivity index is 1.23. The van der Waals surface area contributed by atoms with Gasteiger partial charge < -0.3 is 33.9 Å². The van der Waals surface area contributed by atoms with Crippen LogP contribution in [0.25, 0.3) is 11.1 Å². The number of carbonyl (C=O) groups excluding carboxylic acids is 1. The topological polar surface area (TPSA) is 113 Å². The van der Waals surface area contributed by atoms with Gasteiger partial charge in [-0.25, -0.2) is 0 Å². The molecule has 0 radical (unpaired) electrons. The molecule has 0 saturated carbocycles. The van der Waals surface area contributed by atoms with Crippen molar-refractivity contribution < 1.29 is 32.9 Å². The highest BCUT2D eigenvalue weighted by Crippen LogP contribution is 2.40. The molecule has 4 rings (SSSR count). The van der Waals surface area contributed by atoms with Gasteiger partial charge in [0.25, 0.3) is 5.52 Å². The fraction of sp³-hybridized carbons (Fsp3) is 0.462. The van der Waals surface area contributed by atoms with Crippen molar-refractivity contribution in [1.82, 2.24) is 15.1 Å². The SMILES string of the molecule is COc1ccc2c(c1)oc(CCNC(=O)CN1CCN(Cc3ccc(OC)c(OC)c3OC)CC1)[n+]2[O-]. The maximum Gasteiger partial charge on any atom is 0.361 e. The Morgan fingerprint density at radius 3 is 2.38 bits per heavy atom. The van der Waals surface area contributed by atoms with E-state index in [1.165, 1.54) is 0 Å². The molecule has 1 aliphatic heterocycles. The predicted octanol–water partition coefficient (Wildman–Crippen LogP) is 1.58. The van der Waals surface area contributed by atoms with Crippen LogP contribution in [0.2, 0.25) is 0 Å². The number of aromatic nitrogens is 1. The second kappa shape index (κ2) is 12.0. The van der Waals surface area contributed by atoms with Gasteiger partial charge >= 0.3 is 5.89 Å². The number of hydrogen-bond acceptors (Lipinski definition) is 9. The molecule has 1 aromatic heterocycles. The van der Waals surface area contributed by atoms with Crippen LogP contribution in [0.5, 0.6) is 23.0 Å². The molecule has 0 unspecified atom stereocenters. The summed E-state index contributed by atoms with van der Waals surface area (Å²) in [5, 5.41) is 15.3. The Labute approximate surface area is 216 Å². The number of carbonyl (C=O) groups is 1. The van der Waals surface area contributed by atoms with Crippen LogP contribution >= 0.6 is 0 Å². The molecule has 37 heavy (non-hydrogen) atoms. The second-order valence-electron chi connectivity index (χ2n) is 8.77. The Morgan fingerprint density at radius 2 is 1.70 bits per heavy atom. The molecule has 3 aromatic rings. The first-order valence-electron chi connectivity index (χ1n) is 12.2. The highest BCUT2D eigenvalue weighted by atomic mass is 16.5. The third-order valence-corrected chi connectivity index (χ3v) is 6.51. The molecule has 1 saturated heterocycles. The third-order valence-electron chi connectivity index (χ3n) is 6.51. The van der Waals surface area contributed by atoms with Crippen LogP contribution in [-0.2, 0) is 17.8 Å². The summed E-state index contributed by atoms with van der Waals surface area (Å²) in [4.78, 5) is 16.9. The van der Waals surface area contributed by atoms with Gasteiger partial charge in [0.2, 0.25) is 17.2 Å². The summed E-state index contributed by atoms with van der Waals surface area (Å²) >= 11 is 0. The summed E-state index contributed by atoms with van der Waals surface area (Å²) in [5.74, 6) is 2.68. The minimum absolute atomic E-state index is 0.0785. The van der Waals surface area contributed by atoms with Crippen molar-refractivity contribution in [2.45, 2.75) is 13.0 Å². The maximum atomic E-state index is 12.5. The van der Waals surface area contributed by atoms with Crippen molar-refractivity contribution in [3.8, 4) is 23.0 Å². The lowest BCUT2D eigenvalue weighted by Gasteiger charge is -2.34. The van der Waals surface area contributed by atoms with Crippen LogP contribution in [0.15, 0.2) is 34.7 Å². The first kappa shape index (κ1) is 26.4. The summed E-state index contributed by atoms with van der Waals surface area (Å²) in [5.41, 5.74) is 1.91. The molecule has 1 fully saturated rings. The molecule has 0 aliphatic carbocycles. The van der Waals surface area contributed by atoms with Crippen LogP contribution in [-0.4, -0.2) is 83.4 Å². The lowest BCUT2D eigenvalue weighted by molar-refractivity contribution is -0.592. The normalized spacial score (nSPS) is 14.5. The zero-order valence-electron chi connectivity index (χ0n) is 21.7. The van der Waals surface area contributed by atoms with Crippen LogP contribution in [0.1, 0.15) is 11.5 Å². The zero-order chi connectivity index (χ0) is 26.4. The van der Waals surface area contributed by atoms with Crippen LogP contribution in [0.3, 0.4) is 0 Å². The van der Waals surface area contributed by atoms with E-state index in [-0.39, 0.29) is 11.8 Å². The minimum Gasteiger partial charge on any atom is -0.616 e. The molecule has 2 heterocycles. The van der Waals surface area contributed by atoms with Gasteiger partial charge in [-0.3, -0.25) is 14.6 Å². The van der Waals surface area contributed by atoms with Crippen molar-refractivity contribution in [3.05, 3.63) is 47.0 Å². The average molecular weight is 515 g/mol. The molecule has 0 spiro atoms. The summed E-state index contributed by atoms with van der Waals surface area (Å²) in [6, 6.07) is 8.92. The number of methoxy groups -OCH3 is 4. The van der Waals surface area contributed by atoms with E-state index < -0.39 is 0 Å². The minimum atomic E-state index is -0.0785. The number of nitrogens with one attached hydrogen (secondary N) is 1. The van der Waals surface area contributed by atoms with E-state index in [0.717, 1.165) is 36.5 Å². The van der Waals surface area contributed by atoms with Gasteiger partial charge in [0.05, 0.1) is 41.4 Å². The fourth-order valence-corrected chi connectivity index (χ4v) is 4.53. The number of fused-ring (bicyclic) bond motifs is 1. The standard InChI is InChI=1S/C26H34N4O7/c1-33-19-6-7-20-22(15-19)37-24(30(20)32)9-10-27-23(31)17-29-13-11-28(12-14-29)16-18-5-8-21(34-2)26(36-4)25(18)35-3/h5-8,15H,9-14,16-17H2,1-4H3,(H,27,31). The number of oxazole rings is 1. The van der Waals surface area contributed by atoms with Gasteiger partial charge in [0.15, 0.2) is 11.5 Å². The van der Waals surface area contributed by atoms with E-state index in [0.29, 0.717) is 60.2 Å². The van der Waals surface area contributed by atoms with Crippen molar-refractivity contribution in [2.24, 2.45) is 0 Å². The Kier molecular flexibility index (Phi) is 8.57. The number of piperazine rings is 1. The third kappa shape index (κ3) is 6.00. The maximum absolute atomic E-state index is 12.5. The monoisotopic (exact) mass is 514 g/mol. The Hall–Kier alpha value is -3.70. The smallest absolute Gasteiger partial charge is 0.361 e. The average Bonchev–Trinajstić information content (AvgIpc) is 3.23. The Morgan fingerprint density at radius 1 is 0.973 bits per heavy atom. The summed E-state index contributed by atoms with van der Waals surface area (Å²) < 4.78 is 28.0. The lowest BCUT2D eigenvalue weighted by Crippen LogP contribution is -2.49. The Bertz CT molecular complexity index is 1220. The van der Waals surface area contributed by atoms with Gasteiger partial charge in [-0.15, -0.1) is 4.73 Å². The quantitative estimate of drug-likeness (QED) is 0.301. The fourth-order valence-electron chi connectivity index (χ4n) is 4.53. The van der Waals surface area contributed by atoms with Gasteiger partial charge in [0, 0.05) is 57.0 Å². The molecular weight excluding hydrogens is 480 g/mol. The van der Waals surface area contributed by atoms with Crippen LogP contribution in [0.4, 0.5) is 0 Å². The summed E-state index contributed by atoms with van der Waals surface area (Å²) in [6.07, 6.45) is 0.299. The van der Waals surface area contributed by atoms with E-state index >= 15 is 0 Å². The first-order chi connectivity index (χ1) is 18.0. The van der Waals surface area contributed by atoms with E-state index in [4.69, 9.17) is 23.4 Å². The highest BCUT2D eigenvalue weighted by molar-refractivity contribution is 5.78. The molecule has 11 heteroatoms. The molecule has 1 N–H and O–H groups in total. The molecule has 1 amide bonds. The number of rotatable bonds is 11. The van der Waals surface area contributed by atoms with Crippen molar-refractivity contribution >= 4 is 17.0 Å². The van der Waals surface area contributed by atoms with Crippen LogP contribution < -0.4 is 29.0 Å². The number of benzene rings is 2. The molecule has 0 atom stereocenters. The number of nitrogens with zero attached hydrogens (tertiary/aromatic N) is 3. The second-order valence-corrected chi connectivity index (χ2v) is 8.77. The highest BCUT2D eigenvalue weighted by Gasteiger charge is 2.23. The van der Waals surface area contributed by atoms with Gasteiger partial charge in [-0.2, -0.15) is 0 Å². The van der Waals surface area contributed by atoms with E-state index in [2.05, 4.69) is 15.1 Å². The lowest BCUT2D eigenvalue weighted by atomic mass is 10.1. The van der Waals surface area contributed by atoms with E-state index in [9.17, 15) is 10.0 Å². The zero-order valence-corrected chi connectivity index (χ0v) is 21.7. The van der Waals surface area contributed by atoms with Crippen molar-refractivity contribution in [3.63, 3.8) is 0 Å². The van der Waals surface area contributed by atoms with Crippen LogP contribution in [0, 0.1) is 5.21 Å². The van der Waals surface area contributed by atoms with Gasteiger partial charge in [-0.05, 0) is 12.1 Å². The molecule has 200 valence electrons. The number of amides is 1. The van der Waals surface area contributed by atoms with E-state index in [1.54, 1.807) is 46.6 Å². The number of hydrogen-bond donors (Lipinski definition) is 1. The van der Waals surface area contributed by atoms with Gasteiger partial charge in [0.1, 0.15) is 5.75 Å². The van der Waals surface area contributed by atoms with E-state index in [1.807, 2.05) is 12.1 Å². The first-order valence-corrected chi connectivity index (χ1v) is 12.2. The number of ether oxygens (including phenoxy) is 4. The molecule has 11 nitrogen and oxygen atoms in total. The molecule has 0 bridgehead atoms. The van der Waals surface area contributed by atoms with Crippen molar-refractivity contribution in [2.75, 3.05) is 67.7 Å². The summed E-state index contributed by atoms with van der Waals surface area (Å²) in [7, 11) is 6.38. The molecule has 1 aliphatic rings. The largest absolute Gasteiger partial charge is 0.616 e. The predicted molar refractivity (Wildman–Crippen MR) is 136 cm³/mol. The molecule has 2 aromatic carbocycles.